The number of morpholine rings is 1. The van der Waals surface area contributed by atoms with Crippen molar-refractivity contribution < 1.29 is 92.6 Å². The number of hydrogen-bond donors (Lipinski definition) is 0. The number of hydrogen-bond acceptors (Lipinski definition) is 6. The Morgan fingerprint density at radius 3 is 2.50 bits per heavy atom. The van der Waals surface area contributed by atoms with Crippen molar-refractivity contribution in [2.75, 3.05) is 32.9 Å². The molecule has 2 aliphatic heterocycles. The van der Waals surface area contributed by atoms with Crippen molar-refractivity contribution >= 4 is 17.6 Å². The van der Waals surface area contributed by atoms with E-state index in [0.717, 1.165) is 35.5 Å². The van der Waals surface area contributed by atoms with E-state index in [4.69, 9.17) is 30.5 Å². The van der Waals surface area contributed by atoms with Crippen LogP contribution in [0, 0.1) is 6.61 Å². The zero-order valence-electron chi connectivity index (χ0n) is 22.2. The van der Waals surface area contributed by atoms with E-state index in [2.05, 4.69) is 23.1 Å². The molecule has 2 fully saturated rings. The molecule has 8 heteroatoms. The first kappa shape index (κ1) is 32.1. The van der Waals surface area contributed by atoms with Gasteiger partial charge in [0.15, 0.2) is 0 Å². The van der Waals surface area contributed by atoms with Gasteiger partial charge in [0.05, 0.1) is 38.1 Å². The van der Waals surface area contributed by atoms with Gasteiger partial charge in [-0.25, -0.2) is 6.61 Å². The number of rotatable bonds is 7. The van der Waals surface area contributed by atoms with Crippen LogP contribution in [-0.2, 0) is 19.0 Å². The fourth-order valence-corrected chi connectivity index (χ4v) is 4.74. The van der Waals surface area contributed by atoms with E-state index in [1.807, 2.05) is 45.0 Å². The summed E-state index contributed by atoms with van der Waals surface area (Å²) < 4.78 is 22.6. The zero-order chi connectivity index (χ0) is 25.2. The van der Waals surface area contributed by atoms with Gasteiger partial charge in [-0.15, -0.1) is 6.42 Å². The summed E-state index contributed by atoms with van der Waals surface area (Å²) >= 11 is 6.78. The summed E-state index contributed by atoms with van der Waals surface area (Å²) in [7, 11) is 0. The van der Waals surface area contributed by atoms with Gasteiger partial charge in [0.2, 0.25) is 0 Å². The standard InChI is InChI=1S/C26H31ClNO5.C2H6.Cs/c1-3-31-21-7-4-19(5-8-21)26(28-11-14-30-15-12-28)23-16-20(6-9-24(23)27)25-17-22(10-13-32-25)33-18(2)29;1-2;/h4-9,13,16,22,25-26H,3,10-12,14-15,17H2,1-2H3;1-2H3;/q-1;;+1. The van der Waals surface area contributed by atoms with Crippen LogP contribution < -0.4 is 73.6 Å². The van der Waals surface area contributed by atoms with Crippen LogP contribution >= 0.6 is 11.6 Å². The summed E-state index contributed by atoms with van der Waals surface area (Å²) in [5, 5.41) is 0.709. The topological polar surface area (TPSA) is 57.2 Å². The zero-order valence-corrected chi connectivity index (χ0v) is 29.2. The third-order valence-corrected chi connectivity index (χ3v) is 6.38. The minimum Gasteiger partial charge on any atom is -0.546 e. The minimum atomic E-state index is -0.270. The predicted molar refractivity (Wildman–Crippen MR) is 138 cm³/mol. The van der Waals surface area contributed by atoms with Crippen LogP contribution in [-0.4, -0.2) is 49.9 Å². The first-order valence-corrected chi connectivity index (χ1v) is 12.9. The van der Waals surface area contributed by atoms with Crippen LogP contribution in [0.1, 0.15) is 69.4 Å². The summed E-state index contributed by atoms with van der Waals surface area (Å²) in [6, 6.07) is 14.3. The van der Waals surface area contributed by atoms with Crippen molar-refractivity contribution in [2.45, 2.75) is 58.8 Å². The maximum Gasteiger partial charge on any atom is 1.00 e. The Hall–Kier alpha value is -0.0681. The SMILES string of the molecule is CC.CCOc1ccc(C(c2cc(C3CC(OC(C)=O)C[CH-]O3)ccc2Cl)N2CCOCC2)cc1.[Cs+]. The summed E-state index contributed by atoms with van der Waals surface area (Å²) in [5.74, 6) is 0.582. The maximum absolute atomic E-state index is 11.4. The van der Waals surface area contributed by atoms with Crippen molar-refractivity contribution in [3.8, 4) is 5.75 Å². The van der Waals surface area contributed by atoms with Crippen LogP contribution in [0.25, 0.3) is 0 Å². The van der Waals surface area contributed by atoms with E-state index >= 15 is 0 Å². The molecule has 3 unspecified atom stereocenters. The van der Waals surface area contributed by atoms with E-state index in [0.29, 0.717) is 37.7 Å². The third-order valence-electron chi connectivity index (χ3n) is 6.03. The molecule has 36 heavy (non-hydrogen) atoms. The third kappa shape index (κ3) is 9.00. The second-order valence-corrected chi connectivity index (χ2v) is 8.74. The Bertz CT molecular complexity index is 936. The largest absolute Gasteiger partial charge is 1.00 e. The molecule has 2 aliphatic rings. The molecule has 4 rings (SSSR count). The molecule has 0 aliphatic carbocycles. The molecule has 2 aromatic rings. The summed E-state index contributed by atoms with van der Waals surface area (Å²) in [6.45, 7) is 12.8. The first-order valence-electron chi connectivity index (χ1n) is 12.5. The van der Waals surface area contributed by atoms with Crippen molar-refractivity contribution in [1.29, 1.82) is 0 Å². The molecule has 2 aromatic carbocycles. The number of nitrogens with zero attached hydrogens (tertiary/aromatic N) is 1. The molecule has 0 spiro atoms. The number of benzene rings is 2. The molecule has 0 aromatic heterocycles. The Kier molecular flexibility index (Phi) is 15.0. The molecule has 2 heterocycles. The smallest absolute Gasteiger partial charge is 0.546 e. The number of ether oxygens (including phenoxy) is 4. The molecular weight excluding hydrogens is 599 g/mol. The van der Waals surface area contributed by atoms with Crippen LogP contribution in [0.4, 0.5) is 0 Å². The quantitative estimate of drug-likeness (QED) is 0.345. The molecule has 192 valence electrons. The number of carbonyl (C=O) groups is 1. The van der Waals surface area contributed by atoms with Gasteiger partial charge in [0.1, 0.15) is 5.75 Å². The fourth-order valence-electron chi connectivity index (χ4n) is 4.52. The fraction of sp³-hybridized carbons (Fsp3) is 0.500. The van der Waals surface area contributed by atoms with Gasteiger partial charge >= 0.3 is 74.9 Å². The molecule has 0 amide bonds. The van der Waals surface area contributed by atoms with Crippen molar-refractivity contribution in [2.24, 2.45) is 0 Å². The van der Waals surface area contributed by atoms with Crippen LogP contribution in [0.3, 0.4) is 0 Å². The van der Waals surface area contributed by atoms with Gasteiger partial charge in [-0.2, -0.15) is 0 Å². The Morgan fingerprint density at radius 1 is 1.17 bits per heavy atom. The maximum atomic E-state index is 11.4. The monoisotopic (exact) mass is 635 g/mol. The molecule has 2 saturated heterocycles. The first-order chi connectivity index (χ1) is 17.0. The van der Waals surface area contributed by atoms with Gasteiger partial charge in [-0.3, -0.25) is 9.69 Å². The van der Waals surface area contributed by atoms with E-state index in [-0.39, 0.29) is 93.1 Å². The summed E-state index contributed by atoms with van der Waals surface area (Å²) in [5.41, 5.74) is 3.19. The molecule has 0 saturated carbocycles. The second kappa shape index (κ2) is 16.8. The van der Waals surface area contributed by atoms with Crippen molar-refractivity contribution in [3.05, 3.63) is 70.8 Å². The molecule has 0 bridgehead atoms. The average molecular weight is 636 g/mol. The van der Waals surface area contributed by atoms with E-state index in [1.165, 1.54) is 6.92 Å². The summed E-state index contributed by atoms with van der Waals surface area (Å²) in [6.07, 6.45) is 0.841. The van der Waals surface area contributed by atoms with E-state index in [1.54, 1.807) is 6.61 Å². The van der Waals surface area contributed by atoms with Gasteiger partial charge in [0.25, 0.3) is 0 Å². The normalized spacial score (nSPS) is 20.8. The number of halogens is 1. The van der Waals surface area contributed by atoms with Gasteiger partial charge in [-0.05, 0) is 47.9 Å². The Balaban J connectivity index is 0.00000148. The summed E-state index contributed by atoms with van der Waals surface area (Å²) in [4.78, 5) is 13.8. The van der Waals surface area contributed by atoms with E-state index < -0.39 is 0 Å². The van der Waals surface area contributed by atoms with Gasteiger partial charge < -0.3 is 18.9 Å². The van der Waals surface area contributed by atoms with Crippen molar-refractivity contribution in [1.82, 2.24) is 4.90 Å². The minimum absolute atomic E-state index is 0. The molecule has 6 nitrogen and oxygen atoms in total. The second-order valence-electron chi connectivity index (χ2n) is 8.33. The predicted octanol–water partition coefficient (Wildman–Crippen LogP) is 3.14. The van der Waals surface area contributed by atoms with Crippen LogP contribution in [0.5, 0.6) is 5.75 Å². The van der Waals surface area contributed by atoms with Crippen LogP contribution in [0.15, 0.2) is 42.5 Å². The average Bonchev–Trinajstić information content (AvgIpc) is 2.88. The van der Waals surface area contributed by atoms with Crippen molar-refractivity contribution in [3.63, 3.8) is 0 Å². The number of carbonyl (C=O) groups excluding carboxylic acids is 1. The molecule has 0 N–H and O–H groups in total. The molecule has 0 radical (unpaired) electrons. The Labute approximate surface area is 279 Å². The molecule has 3 atom stereocenters. The Morgan fingerprint density at radius 2 is 1.86 bits per heavy atom. The van der Waals surface area contributed by atoms with Crippen LogP contribution in [0.2, 0.25) is 5.02 Å². The van der Waals surface area contributed by atoms with Gasteiger partial charge in [-0.1, -0.05) is 43.6 Å². The van der Waals surface area contributed by atoms with Gasteiger partial charge in [0, 0.05) is 31.5 Å². The van der Waals surface area contributed by atoms with E-state index in [9.17, 15) is 4.79 Å². The molecular formula is C28H37ClCsNO5. The number of esters is 1.